The molecule has 7 nitrogen and oxygen atoms in total. The zero-order chi connectivity index (χ0) is 20.7. The third-order valence-corrected chi connectivity index (χ3v) is 4.18. The third-order valence-electron chi connectivity index (χ3n) is 4.18. The summed E-state index contributed by atoms with van der Waals surface area (Å²) in [5.41, 5.74) is 0.958. The van der Waals surface area contributed by atoms with E-state index in [9.17, 15) is 4.79 Å². The quantitative estimate of drug-likeness (QED) is 0.190. The van der Waals surface area contributed by atoms with Gasteiger partial charge in [-0.3, -0.25) is 9.79 Å². The van der Waals surface area contributed by atoms with Gasteiger partial charge in [0.05, 0.1) is 6.61 Å². The lowest BCUT2D eigenvalue weighted by Gasteiger charge is -2.13. The second-order valence-electron chi connectivity index (χ2n) is 6.55. The highest BCUT2D eigenvalue weighted by molar-refractivity contribution is 14.0. The lowest BCUT2D eigenvalue weighted by molar-refractivity contribution is 0.172. The van der Waals surface area contributed by atoms with Crippen molar-refractivity contribution in [1.29, 1.82) is 0 Å². The summed E-state index contributed by atoms with van der Waals surface area (Å²) in [6.45, 7) is 5.52. The van der Waals surface area contributed by atoms with Crippen molar-refractivity contribution < 1.29 is 9.47 Å². The predicted molar refractivity (Wildman–Crippen MR) is 133 cm³/mol. The van der Waals surface area contributed by atoms with Crippen molar-refractivity contribution in [3.63, 3.8) is 0 Å². The van der Waals surface area contributed by atoms with Gasteiger partial charge >= 0.3 is 0 Å². The molecule has 0 atom stereocenters. The topological polar surface area (TPSA) is 76.9 Å². The van der Waals surface area contributed by atoms with Crippen molar-refractivity contribution in [2.75, 3.05) is 38.7 Å². The first-order valence-corrected chi connectivity index (χ1v) is 10.2. The van der Waals surface area contributed by atoms with Crippen LogP contribution in [0.5, 0.6) is 5.75 Å². The molecule has 1 heterocycles. The van der Waals surface area contributed by atoms with Crippen molar-refractivity contribution in [3.05, 3.63) is 59.0 Å². The molecule has 0 amide bonds. The molecule has 0 spiro atoms. The molecule has 0 saturated carbocycles. The maximum atomic E-state index is 11.7. The molecule has 30 heavy (non-hydrogen) atoms. The maximum Gasteiger partial charge on any atom is 0.250 e. The van der Waals surface area contributed by atoms with Gasteiger partial charge in [0.2, 0.25) is 5.56 Å². The molecule has 0 unspecified atom stereocenters. The van der Waals surface area contributed by atoms with Gasteiger partial charge in [0.15, 0.2) is 5.96 Å². The normalized spacial score (nSPS) is 10.9. The van der Waals surface area contributed by atoms with Crippen LogP contribution in [0.15, 0.2) is 58.4 Å². The lowest BCUT2D eigenvalue weighted by atomic mass is 10.3. The van der Waals surface area contributed by atoms with Gasteiger partial charge in [0.1, 0.15) is 5.75 Å². The number of ether oxygens (including phenoxy) is 2. The van der Waals surface area contributed by atoms with Gasteiger partial charge in [0, 0.05) is 63.8 Å². The van der Waals surface area contributed by atoms with E-state index in [1.54, 1.807) is 23.8 Å². The molecular weight excluding hydrogens is 495 g/mol. The summed E-state index contributed by atoms with van der Waals surface area (Å²) < 4.78 is 12.5. The second kappa shape index (κ2) is 15.7. The highest BCUT2D eigenvalue weighted by Crippen LogP contribution is 2.17. The Morgan fingerprint density at radius 2 is 1.97 bits per heavy atom. The molecule has 0 aliphatic carbocycles. The Hall–Kier alpha value is -2.07. The summed E-state index contributed by atoms with van der Waals surface area (Å²) in [4.78, 5) is 16.3. The van der Waals surface area contributed by atoms with Crippen LogP contribution in [0.2, 0.25) is 0 Å². The minimum absolute atomic E-state index is 0. The number of aliphatic imine (C=N–C) groups is 1. The Labute approximate surface area is 195 Å². The van der Waals surface area contributed by atoms with E-state index in [4.69, 9.17) is 9.47 Å². The Balaban J connectivity index is 0.00000450. The van der Waals surface area contributed by atoms with Gasteiger partial charge in [-0.25, -0.2) is 0 Å². The summed E-state index contributed by atoms with van der Waals surface area (Å²) in [5.74, 6) is 1.55. The molecule has 1 aromatic carbocycles. The summed E-state index contributed by atoms with van der Waals surface area (Å²) in [6, 6.07) is 13.1. The average molecular weight is 528 g/mol. The van der Waals surface area contributed by atoms with E-state index >= 15 is 0 Å². The van der Waals surface area contributed by atoms with Gasteiger partial charge in [0.25, 0.3) is 0 Å². The van der Waals surface area contributed by atoms with Crippen molar-refractivity contribution in [2.24, 2.45) is 4.99 Å². The van der Waals surface area contributed by atoms with Crippen molar-refractivity contribution in [1.82, 2.24) is 9.88 Å². The van der Waals surface area contributed by atoms with E-state index in [1.165, 1.54) is 0 Å². The average Bonchev–Trinajstić information content (AvgIpc) is 2.73. The number of aryl methyl sites for hydroxylation is 1. The first kappa shape index (κ1) is 26.0. The molecule has 0 bridgehead atoms. The number of aromatic nitrogens is 1. The number of rotatable bonds is 12. The summed E-state index contributed by atoms with van der Waals surface area (Å²) in [6.07, 6.45) is 4.48. The Morgan fingerprint density at radius 1 is 1.10 bits per heavy atom. The molecule has 0 fully saturated rings. The Kier molecular flexibility index (Phi) is 13.6. The predicted octanol–water partition coefficient (Wildman–Crippen LogP) is 3.74. The second-order valence-corrected chi connectivity index (χ2v) is 6.55. The van der Waals surface area contributed by atoms with E-state index in [0.717, 1.165) is 43.2 Å². The highest BCUT2D eigenvalue weighted by atomic mass is 127. The summed E-state index contributed by atoms with van der Waals surface area (Å²) in [7, 11) is 1.69. The highest BCUT2D eigenvalue weighted by Gasteiger charge is 2.02. The molecule has 166 valence electrons. The number of hydrogen-bond acceptors (Lipinski definition) is 4. The number of unbranched alkanes of at least 4 members (excludes halogenated alkanes) is 1. The van der Waals surface area contributed by atoms with E-state index in [-0.39, 0.29) is 29.5 Å². The van der Waals surface area contributed by atoms with Crippen LogP contribution in [-0.4, -0.2) is 43.9 Å². The number of nitrogens with zero attached hydrogens (tertiary/aromatic N) is 2. The molecule has 0 saturated heterocycles. The number of anilines is 1. The van der Waals surface area contributed by atoms with E-state index < -0.39 is 0 Å². The van der Waals surface area contributed by atoms with Crippen LogP contribution >= 0.6 is 24.0 Å². The standard InChI is InChI=1S/C22H32N4O3.HI/c1-3-23-22(24-13-5-7-15-26-14-6-4-12-21(26)27)25-19-10-8-11-20(18-19)29-17-9-16-28-2;/h4,6,8,10-12,14,18H,3,5,7,9,13,15-17H2,1-2H3,(H2,23,24,25);1H. The minimum atomic E-state index is 0. The largest absolute Gasteiger partial charge is 0.493 e. The Morgan fingerprint density at radius 3 is 2.73 bits per heavy atom. The fourth-order valence-electron chi connectivity index (χ4n) is 2.73. The van der Waals surface area contributed by atoms with Gasteiger partial charge in [-0.05, 0) is 38.0 Å². The number of nitrogens with one attached hydrogen (secondary N) is 2. The number of pyridine rings is 1. The van der Waals surface area contributed by atoms with Crippen LogP contribution in [0.25, 0.3) is 0 Å². The molecule has 8 heteroatoms. The molecule has 2 rings (SSSR count). The van der Waals surface area contributed by atoms with Crippen LogP contribution in [0.4, 0.5) is 5.69 Å². The fourth-order valence-corrected chi connectivity index (χ4v) is 2.73. The molecule has 2 aromatic rings. The Bertz CT molecular complexity index is 811. The minimum Gasteiger partial charge on any atom is -0.493 e. The zero-order valence-electron chi connectivity index (χ0n) is 17.8. The molecule has 2 N–H and O–H groups in total. The molecule has 0 aliphatic heterocycles. The van der Waals surface area contributed by atoms with E-state index in [2.05, 4.69) is 15.6 Å². The molecular formula is C22H33IN4O3. The van der Waals surface area contributed by atoms with Crippen LogP contribution in [0.3, 0.4) is 0 Å². The zero-order valence-corrected chi connectivity index (χ0v) is 20.1. The first-order chi connectivity index (χ1) is 14.2. The molecule has 0 aliphatic rings. The van der Waals surface area contributed by atoms with Crippen LogP contribution in [0.1, 0.15) is 26.2 Å². The van der Waals surface area contributed by atoms with Gasteiger partial charge in [-0.15, -0.1) is 24.0 Å². The lowest BCUT2D eigenvalue weighted by Crippen LogP contribution is -2.30. The van der Waals surface area contributed by atoms with Gasteiger partial charge in [-0.2, -0.15) is 0 Å². The number of halogens is 1. The summed E-state index contributed by atoms with van der Waals surface area (Å²) in [5, 5.41) is 6.57. The maximum absolute atomic E-state index is 11.7. The molecule has 1 aromatic heterocycles. The van der Waals surface area contributed by atoms with Crippen LogP contribution in [0, 0.1) is 0 Å². The van der Waals surface area contributed by atoms with Crippen molar-refractivity contribution in [3.8, 4) is 5.75 Å². The monoisotopic (exact) mass is 528 g/mol. The number of methoxy groups -OCH3 is 1. The summed E-state index contributed by atoms with van der Waals surface area (Å²) >= 11 is 0. The number of benzene rings is 1. The third kappa shape index (κ3) is 10.1. The van der Waals surface area contributed by atoms with Crippen molar-refractivity contribution >= 4 is 35.6 Å². The smallest absolute Gasteiger partial charge is 0.250 e. The van der Waals surface area contributed by atoms with Gasteiger partial charge < -0.3 is 24.7 Å². The van der Waals surface area contributed by atoms with E-state index in [1.807, 2.05) is 43.5 Å². The number of guanidine groups is 1. The van der Waals surface area contributed by atoms with Crippen molar-refractivity contribution in [2.45, 2.75) is 32.7 Å². The van der Waals surface area contributed by atoms with Gasteiger partial charge in [-0.1, -0.05) is 12.1 Å². The fraction of sp³-hybridized carbons (Fsp3) is 0.455. The van der Waals surface area contributed by atoms with E-state index in [0.29, 0.717) is 26.3 Å². The van der Waals surface area contributed by atoms with Crippen LogP contribution in [-0.2, 0) is 11.3 Å². The molecule has 0 radical (unpaired) electrons. The first-order valence-electron chi connectivity index (χ1n) is 10.2. The number of hydrogen-bond donors (Lipinski definition) is 2. The SMILES string of the molecule is CCNC(=NCCCCn1ccccc1=O)Nc1cccc(OCCCOC)c1.I. The van der Waals surface area contributed by atoms with Crippen LogP contribution < -0.4 is 20.9 Å².